The van der Waals surface area contributed by atoms with Crippen molar-refractivity contribution < 1.29 is 18.0 Å². The van der Waals surface area contributed by atoms with Crippen molar-refractivity contribution in [2.24, 2.45) is 0 Å². The van der Waals surface area contributed by atoms with Crippen LogP contribution in [0.3, 0.4) is 0 Å². The maximum Gasteiger partial charge on any atom is 0.242 e. The van der Waals surface area contributed by atoms with Crippen LogP contribution < -0.4 is 15.4 Å². The third kappa shape index (κ3) is 5.97. The molecule has 0 saturated carbocycles. The van der Waals surface area contributed by atoms with Gasteiger partial charge in [0.2, 0.25) is 21.8 Å². The molecule has 1 rings (SSSR count). The summed E-state index contributed by atoms with van der Waals surface area (Å²) >= 11 is 0. The Balaban J connectivity index is 2.32. The fourth-order valence-corrected chi connectivity index (χ4v) is 2.17. The summed E-state index contributed by atoms with van der Waals surface area (Å²) in [6.07, 6.45) is 3.47. The fraction of sp³-hybridized carbons (Fsp3) is 0.800. The van der Waals surface area contributed by atoms with Crippen molar-refractivity contribution >= 4 is 21.8 Å². The highest BCUT2D eigenvalue weighted by molar-refractivity contribution is 7.88. The fourth-order valence-electron chi connectivity index (χ4n) is 1.69. The number of nitrogens with one attached hydrogen (secondary N) is 3. The molecule has 18 heavy (non-hydrogen) atoms. The van der Waals surface area contributed by atoms with Gasteiger partial charge in [0, 0.05) is 19.5 Å². The number of rotatable bonds is 5. The van der Waals surface area contributed by atoms with E-state index in [9.17, 15) is 18.0 Å². The predicted molar refractivity (Wildman–Crippen MR) is 66.3 cm³/mol. The Labute approximate surface area is 107 Å². The van der Waals surface area contributed by atoms with Gasteiger partial charge in [0.05, 0.1) is 6.26 Å². The van der Waals surface area contributed by atoms with Gasteiger partial charge < -0.3 is 10.6 Å². The van der Waals surface area contributed by atoms with Gasteiger partial charge in [0.15, 0.2) is 0 Å². The quantitative estimate of drug-likeness (QED) is 0.581. The lowest BCUT2D eigenvalue weighted by molar-refractivity contribution is -0.128. The predicted octanol–water partition coefficient (Wildman–Crippen LogP) is -1.29. The third-order valence-electron chi connectivity index (χ3n) is 2.59. The lowest BCUT2D eigenvalue weighted by Crippen LogP contribution is -2.46. The van der Waals surface area contributed by atoms with Crippen LogP contribution in [0.2, 0.25) is 0 Å². The zero-order valence-corrected chi connectivity index (χ0v) is 11.2. The molecule has 1 fully saturated rings. The van der Waals surface area contributed by atoms with E-state index in [1.165, 1.54) is 0 Å². The molecule has 0 aliphatic carbocycles. The van der Waals surface area contributed by atoms with Gasteiger partial charge >= 0.3 is 0 Å². The second-order valence-corrected chi connectivity index (χ2v) is 6.16. The molecule has 1 heterocycles. The monoisotopic (exact) mass is 277 g/mol. The maximum absolute atomic E-state index is 11.5. The van der Waals surface area contributed by atoms with Gasteiger partial charge in [-0.3, -0.25) is 9.59 Å². The molecule has 1 aliphatic heterocycles. The summed E-state index contributed by atoms with van der Waals surface area (Å²) in [5.74, 6) is -0.495. The normalized spacial score (nSPS) is 20.9. The summed E-state index contributed by atoms with van der Waals surface area (Å²) in [7, 11) is -3.28. The van der Waals surface area contributed by atoms with Gasteiger partial charge in [-0.15, -0.1) is 0 Å². The Bertz CT molecular complexity index is 407. The Morgan fingerprint density at radius 1 is 1.44 bits per heavy atom. The Morgan fingerprint density at radius 3 is 2.83 bits per heavy atom. The molecular weight excluding hydrogens is 258 g/mol. The van der Waals surface area contributed by atoms with Crippen molar-refractivity contribution in [2.45, 2.75) is 31.7 Å². The highest BCUT2D eigenvalue weighted by atomic mass is 32.2. The Hall–Kier alpha value is -1.15. The summed E-state index contributed by atoms with van der Waals surface area (Å²) in [5, 5.41) is 5.32. The summed E-state index contributed by atoms with van der Waals surface area (Å²) in [5.41, 5.74) is 0. The van der Waals surface area contributed by atoms with Crippen LogP contribution in [0.25, 0.3) is 0 Å². The first-order valence-corrected chi connectivity index (χ1v) is 7.79. The van der Waals surface area contributed by atoms with Crippen molar-refractivity contribution in [2.75, 3.05) is 19.3 Å². The molecule has 0 radical (unpaired) electrons. The highest BCUT2D eigenvalue weighted by Gasteiger charge is 2.21. The van der Waals surface area contributed by atoms with E-state index in [1.54, 1.807) is 0 Å². The zero-order chi connectivity index (χ0) is 13.6. The van der Waals surface area contributed by atoms with Crippen molar-refractivity contribution in [1.82, 2.24) is 15.4 Å². The highest BCUT2D eigenvalue weighted by Crippen LogP contribution is 2.05. The average molecular weight is 277 g/mol. The van der Waals surface area contributed by atoms with Gasteiger partial charge in [-0.2, -0.15) is 0 Å². The topological polar surface area (TPSA) is 104 Å². The minimum atomic E-state index is -3.28. The molecule has 8 heteroatoms. The van der Waals surface area contributed by atoms with Crippen molar-refractivity contribution in [3.63, 3.8) is 0 Å². The summed E-state index contributed by atoms with van der Waals surface area (Å²) in [6.45, 7) is 0.680. The standard InChI is InChI=1S/C10H19N3O4S/c1-18(16,17)12-7-5-9(14)13-8-4-2-3-6-11-10(8)15/h8,12H,2-7H2,1H3,(H,11,15)(H,13,14)/t8-/m1/s1. The molecular formula is C10H19N3O4S. The van der Waals surface area contributed by atoms with Crippen LogP contribution in [0.5, 0.6) is 0 Å². The number of carbonyl (C=O) groups excluding carboxylic acids is 2. The van der Waals surface area contributed by atoms with Gasteiger partial charge in [-0.05, 0) is 19.3 Å². The SMILES string of the molecule is CS(=O)(=O)NCCC(=O)N[C@@H]1CCCCNC1=O. The molecule has 3 N–H and O–H groups in total. The second-order valence-electron chi connectivity index (χ2n) is 4.32. The van der Waals surface area contributed by atoms with Gasteiger partial charge in [0.1, 0.15) is 6.04 Å². The smallest absolute Gasteiger partial charge is 0.242 e. The third-order valence-corrected chi connectivity index (χ3v) is 3.32. The van der Waals surface area contributed by atoms with Crippen LogP contribution in [0.1, 0.15) is 25.7 Å². The van der Waals surface area contributed by atoms with Gasteiger partial charge in [-0.25, -0.2) is 13.1 Å². The van der Waals surface area contributed by atoms with E-state index in [-0.39, 0.29) is 24.8 Å². The van der Waals surface area contributed by atoms with Gasteiger partial charge in [-0.1, -0.05) is 0 Å². The number of hydrogen-bond acceptors (Lipinski definition) is 4. The molecule has 0 aromatic carbocycles. The van der Waals surface area contributed by atoms with Crippen LogP contribution in [-0.2, 0) is 19.6 Å². The molecule has 0 unspecified atom stereocenters. The average Bonchev–Trinajstić information content (AvgIpc) is 2.42. The molecule has 2 amide bonds. The lowest BCUT2D eigenvalue weighted by atomic mass is 10.1. The molecule has 0 spiro atoms. The molecule has 0 bridgehead atoms. The summed E-state index contributed by atoms with van der Waals surface area (Å²) in [6, 6.07) is -0.502. The molecule has 0 aromatic heterocycles. The first-order chi connectivity index (χ1) is 8.38. The van der Waals surface area contributed by atoms with Gasteiger partial charge in [0.25, 0.3) is 0 Å². The molecule has 1 saturated heterocycles. The Kier molecular flexibility index (Phi) is 5.54. The van der Waals surface area contributed by atoms with E-state index in [4.69, 9.17) is 0 Å². The number of carbonyl (C=O) groups is 2. The molecule has 1 atom stereocenters. The Morgan fingerprint density at radius 2 is 2.17 bits per heavy atom. The first-order valence-electron chi connectivity index (χ1n) is 5.90. The second kappa shape index (κ2) is 6.69. The molecule has 1 aliphatic rings. The van der Waals surface area contributed by atoms with E-state index >= 15 is 0 Å². The van der Waals surface area contributed by atoms with Crippen LogP contribution >= 0.6 is 0 Å². The molecule has 0 aromatic rings. The minimum Gasteiger partial charge on any atom is -0.354 e. The molecule has 7 nitrogen and oxygen atoms in total. The first kappa shape index (κ1) is 14.9. The van der Waals surface area contributed by atoms with Crippen LogP contribution in [-0.4, -0.2) is 45.6 Å². The summed E-state index contributed by atoms with van der Waals surface area (Å²) in [4.78, 5) is 23.1. The maximum atomic E-state index is 11.5. The largest absolute Gasteiger partial charge is 0.354 e. The summed E-state index contributed by atoms with van der Waals surface area (Å²) < 4.78 is 23.8. The van der Waals surface area contributed by atoms with E-state index in [1.807, 2.05) is 0 Å². The van der Waals surface area contributed by atoms with E-state index in [2.05, 4.69) is 15.4 Å². The van der Waals surface area contributed by atoms with Crippen molar-refractivity contribution in [3.05, 3.63) is 0 Å². The zero-order valence-electron chi connectivity index (χ0n) is 10.4. The van der Waals surface area contributed by atoms with Crippen molar-refractivity contribution in [3.8, 4) is 0 Å². The van der Waals surface area contributed by atoms with Crippen LogP contribution in [0, 0.1) is 0 Å². The minimum absolute atomic E-state index is 0.0247. The molecule has 104 valence electrons. The lowest BCUT2D eigenvalue weighted by Gasteiger charge is -2.15. The number of hydrogen-bond donors (Lipinski definition) is 3. The number of sulfonamides is 1. The van der Waals surface area contributed by atoms with Crippen molar-refractivity contribution in [1.29, 1.82) is 0 Å². The van der Waals surface area contributed by atoms with E-state index < -0.39 is 16.1 Å². The number of amides is 2. The van der Waals surface area contributed by atoms with E-state index in [0.717, 1.165) is 19.1 Å². The van der Waals surface area contributed by atoms with Crippen LogP contribution in [0.15, 0.2) is 0 Å². The van der Waals surface area contributed by atoms with E-state index in [0.29, 0.717) is 13.0 Å². The van der Waals surface area contributed by atoms with Crippen LogP contribution in [0.4, 0.5) is 0 Å².